The Morgan fingerprint density at radius 3 is 2.76 bits per heavy atom. The highest BCUT2D eigenvalue weighted by molar-refractivity contribution is 7.13. The van der Waals surface area contributed by atoms with Gasteiger partial charge < -0.3 is 15.7 Å². The summed E-state index contributed by atoms with van der Waals surface area (Å²) >= 11 is 1.64. The van der Waals surface area contributed by atoms with E-state index in [0.29, 0.717) is 17.4 Å². The maximum atomic E-state index is 12.6. The van der Waals surface area contributed by atoms with E-state index in [0.717, 1.165) is 28.2 Å². The summed E-state index contributed by atoms with van der Waals surface area (Å²) in [5, 5.41) is 25.2. The summed E-state index contributed by atoms with van der Waals surface area (Å²) in [5.41, 5.74) is 2.33. The van der Waals surface area contributed by atoms with Gasteiger partial charge in [-0.25, -0.2) is 4.98 Å². The van der Waals surface area contributed by atoms with Gasteiger partial charge in [0.1, 0.15) is 6.04 Å². The molecule has 0 spiro atoms. The van der Waals surface area contributed by atoms with Crippen molar-refractivity contribution in [3.05, 3.63) is 58.0 Å². The van der Waals surface area contributed by atoms with Gasteiger partial charge in [0.25, 0.3) is 5.91 Å². The van der Waals surface area contributed by atoms with Crippen LogP contribution in [0.3, 0.4) is 0 Å². The first kappa shape index (κ1) is 21.8. The highest BCUT2D eigenvalue weighted by Crippen LogP contribution is 2.24. The Kier molecular flexibility index (Phi) is 5.58. The first-order chi connectivity index (χ1) is 16.4. The van der Waals surface area contributed by atoms with Crippen molar-refractivity contribution in [2.24, 2.45) is 5.92 Å². The topological polar surface area (TPSA) is 122 Å². The largest absolute Gasteiger partial charge is 0.480 e. The minimum absolute atomic E-state index is 0.253. The smallest absolute Gasteiger partial charge is 0.325 e. The number of benzene rings is 1. The second-order valence-corrected chi connectivity index (χ2v) is 9.26. The standard InChI is InChI=1S/C24H22N6O3S/c1-13-5-10-18-19(12-13)34-24(27-18)26-16-8-6-15(7-9-16)20-28-29-21-17(4-3-11-30(20)21)22(31)25-14(2)23(32)33/h3-4,6-14H,5H2,1-2H3,(H,25,31)(H,26,27)(H,32,33). The fraction of sp³-hybridized carbons (Fsp3) is 0.208. The lowest BCUT2D eigenvalue weighted by molar-refractivity contribution is -0.138. The molecule has 1 aliphatic rings. The molecule has 0 saturated carbocycles. The van der Waals surface area contributed by atoms with Crippen LogP contribution in [0.25, 0.3) is 29.2 Å². The predicted molar refractivity (Wildman–Crippen MR) is 130 cm³/mol. The molecule has 5 rings (SSSR count). The van der Waals surface area contributed by atoms with Gasteiger partial charge in [0.2, 0.25) is 0 Å². The van der Waals surface area contributed by atoms with Gasteiger partial charge in [-0.3, -0.25) is 14.0 Å². The average molecular weight is 475 g/mol. The number of nitrogens with zero attached hydrogens (tertiary/aromatic N) is 4. The van der Waals surface area contributed by atoms with E-state index in [9.17, 15) is 9.59 Å². The van der Waals surface area contributed by atoms with E-state index in [2.05, 4.69) is 44.9 Å². The van der Waals surface area contributed by atoms with E-state index in [-0.39, 0.29) is 5.56 Å². The number of hydrogen-bond acceptors (Lipinski definition) is 7. The number of pyridine rings is 1. The summed E-state index contributed by atoms with van der Waals surface area (Å²) in [5.74, 6) is -0.524. The molecule has 3 heterocycles. The molecule has 1 aliphatic carbocycles. The van der Waals surface area contributed by atoms with Crippen LogP contribution in [-0.4, -0.2) is 42.6 Å². The fourth-order valence-electron chi connectivity index (χ4n) is 3.74. The number of aromatic nitrogens is 4. The predicted octanol–water partition coefficient (Wildman–Crippen LogP) is 2.40. The summed E-state index contributed by atoms with van der Waals surface area (Å²) in [6, 6.07) is 10.0. The van der Waals surface area contributed by atoms with Crippen molar-refractivity contribution < 1.29 is 14.7 Å². The fourth-order valence-corrected chi connectivity index (χ4v) is 4.79. The molecule has 1 amide bonds. The maximum Gasteiger partial charge on any atom is 0.325 e. The average Bonchev–Trinajstić information content (AvgIpc) is 3.42. The van der Waals surface area contributed by atoms with Gasteiger partial charge in [0.15, 0.2) is 16.6 Å². The van der Waals surface area contributed by atoms with Crippen LogP contribution >= 0.6 is 11.3 Å². The highest BCUT2D eigenvalue weighted by Gasteiger charge is 2.20. The lowest BCUT2D eigenvalue weighted by atomic mass is 10.1. The number of carbonyl (C=O) groups excluding carboxylic acids is 1. The number of nitrogens with one attached hydrogen (secondary N) is 2. The molecule has 34 heavy (non-hydrogen) atoms. The van der Waals surface area contributed by atoms with E-state index < -0.39 is 17.9 Å². The molecule has 0 aliphatic heterocycles. The van der Waals surface area contributed by atoms with Crippen LogP contribution in [0.4, 0.5) is 10.8 Å². The monoisotopic (exact) mass is 474 g/mol. The molecule has 172 valence electrons. The van der Waals surface area contributed by atoms with Crippen LogP contribution in [0.1, 0.15) is 30.6 Å². The molecule has 0 fully saturated rings. The Hall–Kier alpha value is -4.05. The number of carbonyl (C=O) groups is 2. The SMILES string of the molecule is CC1C=c2sc(Nc3ccc(-c4nnc5c(C(=O)NC(C)C(=O)O)cccn45)cc3)nc2=CC1. The number of carboxylic acid groups (broad SMARTS) is 1. The summed E-state index contributed by atoms with van der Waals surface area (Å²) in [7, 11) is 0. The van der Waals surface area contributed by atoms with Crippen molar-refractivity contribution >= 4 is 51.8 Å². The third kappa shape index (κ3) is 4.15. The summed E-state index contributed by atoms with van der Waals surface area (Å²) in [4.78, 5) is 28.3. The normalized spacial score (nSPS) is 15.6. The Bertz CT molecular complexity index is 1520. The van der Waals surface area contributed by atoms with Crippen LogP contribution < -0.4 is 20.5 Å². The van der Waals surface area contributed by atoms with Crippen molar-refractivity contribution in [1.29, 1.82) is 0 Å². The Morgan fingerprint density at radius 1 is 1.21 bits per heavy atom. The number of anilines is 2. The van der Waals surface area contributed by atoms with Crippen LogP contribution in [0, 0.1) is 5.92 Å². The number of amides is 1. The summed E-state index contributed by atoms with van der Waals surface area (Å²) < 4.78 is 2.91. The second kappa shape index (κ2) is 8.71. The first-order valence-electron chi connectivity index (χ1n) is 10.8. The third-order valence-corrected chi connectivity index (χ3v) is 6.54. The molecular formula is C24H22N6O3S. The number of carboxylic acids is 1. The zero-order chi connectivity index (χ0) is 23.8. The lowest BCUT2D eigenvalue weighted by Gasteiger charge is -2.10. The van der Waals surface area contributed by atoms with E-state index in [1.807, 2.05) is 24.3 Å². The molecule has 1 aromatic carbocycles. The van der Waals surface area contributed by atoms with E-state index in [4.69, 9.17) is 5.11 Å². The molecule has 0 saturated heterocycles. The van der Waals surface area contributed by atoms with Crippen LogP contribution in [0.5, 0.6) is 0 Å². The summed E-state index contributed by atoms with van der Waals surface area (Å²) in [6.45, 7) is 3.61. The van der Waals surface area contributed by atoms with Crippen molar-refractivity contribution in [1.82, 2.24) is 24.9 Å². The molecule has 4 aromatic rings. The van der Waals surface area contributed by atoms with Gasteiger partial charge in [0, 0.05) is 17.4 Å². The summed E-state index contributed by atoms with van der Waals surface area (Å²) in [6.07, 6.45) is 7.22. The minimum Gasteiger partial charge on any atom is -0.480 e. The zero-order valence-electron chi connectivity index (χ0n) is 18.5. The van der Waals surface area contributed by atoms with Gasteiger partial charge in [-0.15, -0.1) is 10.2 Å². The van der Waals surface area contributed by atoms with Crippen LogP contribution in [0.2, 0.25) is 0 Å². The zero-order valence-corrected chi connectivity index (χ0v) is 19.3. The molecular weight excluding hydrogens is 452 g/mol. The molecule has 10 heteroatoms. The molecule has 9 nitrogen and oxygen atoms in total. The number of hydrogen-bond donors (Lipinski definition) is 3. The molecule has 0 radical (unpaired) electrons. The van der Waals surface area contributed by atoms with Gasteiger partial charge in [-0.1, -0.05) is 30.4 Å². The second-order valence-electron chi connectivity index (χ2n) is 8.23. The van der Waals surface area contributed by atoms with Crippen molar-refractivity contribution in [3.63, 3.8) is 0 Å². The van der Waals surface area contributed by atoms with Gasteiger partial charge in [-0.05, 0) is 55.7 Å². The third-order valence-electron chi connectivity index (χ3n) is 5.59. The van der Waals surface area contributed by atoms with E-state index in [1.165, 1.54) is 11.5 Å². The van der Waals surface area contributed by atoms with Crippen molar-refractivity contribution in [3.8, 4) is 11.4 Å². The number of aliphatic carboxylic acids is 1. The van der Waals surface area contributed by atoms with Gasteiger partial charge in [-0.2, -0.15) is 0 Å². The van der Waals surface area contributed by atoms with Gasteiger partial charge >= 0.3 is 5.97 Å². The number of fused-ring (bicyclic) bond motifs is 2. The maximum absolute atomic E-state index is 12.6. The van der Waals surface area contributed by atoms with E-state index >= 15 is 0 Å². The molecule has 0 bridgehead atoms. The lowest BCUT2D eigenvalue weighted by Crippen LogP contribution is -2.38. The quantitative estimate of drug-likeness (QED) is 0.392. The van der Waals surface area contributed by atoms with Crippen LogP contribution in [0.15, 0.2) is 42.6 Å². The molecule has 3 aromatic heterocycles. The Morgan fingerprint density at radius 2 is 2.00 bits per heavy atom. The van der Waals surface area contributed by atoms with E-state index in [1.54, 1.807) is 34.1 Å². The number of thiazole rings is 1. The Labute approximate surface area is 198 Å². The minimum atomic E-state index is -1.11. The van der Waals surface area contributed by atoms with Crippen molar-refractivity contribution in [2.45, 2.75) is 26.3 Å². The number of rotatable bonds is 6. The Balaban J connectivity index is 1.39. The van der Waals surface area contributed by atoms with Crippen molar-refractivity contribution in [2.75, 3.05) is 5.32 Å². The molecule has 3 N–H and O–H groups in total. The highest BCUT2D eigenvalue weighted by atomic mass is 32.1. The van der Waals surface area contributed by atoms with Gasteiger partial charge in [0.05, 0.1) is 15.4 Å². The first-order valence-corrected chi connectivity index (χ1v) is 11.6. The molecule has 2 atom stereocenters. The molecule has 2 unspecified atom stereocenters. The van der Waals surface area contributed by atoms with Crippen LogP contribution in [-0.2, 0) is 4.79 Å².